The highest BCUT2D eigenvalue weighted by molar-refractivity contribution is 9.10. The van der Waals surface area contributed by atoms with Crippen LogP contribution in [0.2, 0.25) is 0 Å². The fourth-order valence-corrected chi connectivity index (χ4v) is 3.24. The van der Waals surface area contributed by atoms with Gasteiger partial charge in [0, 0.05) is 23.1 Å². The van der Waals surface area contributed by atoms with Crippen LogP contribution in [0.1, 0.15) is 18.4 Å². The molecule has 1 fully saturated rings. The Labute approximate surface area is 124 Å². The summed E-state index contributed by atoms with van der Waals surface area (Å²) in [6, 6.07) is 8.44. The molecule has 1 aliphatic rings. The SMILES string of the molecule is CN1CCC(CN)(N(C)Cc2ccccc2Br)CC1. The largest absolute Gasteiger partial charge is 0.329 e. The van der Waals surface area contributed by atoms with Crippen molar-refractivity contribution in [1.29, 1.82) is 0 Å². The molecule has 106 valence electrons. The van der Waals surface area contributed by atoms with E-state index in [2.05, 4.69) is 64.1 Å². The van der Waals surface area contributed by atoms with E-state index in [0.717, 1.165) is 39.0 Å². The smallest absolute Gasteiger partial charge is 0.0356 e. The third kappa shape index (κ3) is 3.37. The Morgan fingerprint density at radius 2 is 1.95 bits per heavy atom. The van der Waals surface area contributed by atoms with Crippen molar-refractivity contribution in [2.75, 3.05) is 33.7 Å². The second kappa shape index (κ2) is 6.35. The molecule has 0 spiro atoms. The Kier molecular flexibility index (Phi) is 5.01. The molecule has 19 heavy (non-hydrogen) atoms. The van der Waals surface area contributed by atoms with Gasteiger partial charge >= 0.3 is 0 Å². The standard InChI is InChI=1S/C15H24BrN3/c1-18-9-7-15(12-17,8-10-18)19(2)11-13-5-3-4-6-14(13)16/h3-6H,7-12,17H2,1-2H3. The number of likely N-dealkylation sites (tertiary alicyclic amines) is 1. The quantitative estimate of drug-likeness (QED) is 0.922. The van der Waals surface area contributed by atoms with Gasteiger partial charge in [-0.05, 0) is 51.7 Å². The molecule has 0 aliphatic carbocycles. The van der Waals surface area contributed by atoms with Crippen LogP contribution in [0.5, 0.6) is 0 Å². The Balaban J connectivity index is 2.09. The molecular formula is C15H24BrN3. The fourth-order valence-electron chi connectivity index (χ4n) is 2.83. The average Bonchev–Trinajstić information content (AvgIpc) is 2.42. The second-order valence-corrected chi connectivity index (χ2v) is 6.53. The topological polar surface area (TPSA) is 32.5 Å². The first-order valence-electron chi connectivity index (χ1n) is 6.91. The molecule has 1 aromatic rings. The maximum atomic E-state index is 6.10. The van der Waals surface area contributed by atoms with Crippen LogP contribution in [0.25, 0.3) is 0 Å². The average molecular weight is 326 g/mol. The summed E-state index contributed by atoms with van der Waals surface area (Å²) in [5.74, 6) is 0. The molecule has 0 atom stereocenters. The lowest BCUT2D eigenvalue weighted by Crippen LogP contribution is -2.57. The van der Waals surface area contributed by atoms with Crippen molar-refractivity contribution in [3.63, 3.8) is 0 Å². The van der Waals surface area contributed by atoms with Crippen molar-refractivity contribution in [3.05, 3.63) is 34.3 Å². The molecule has 0 bridgehead atoms. The number of hydrogen-bond donors (Lipinski definition) is 1. The summed E-state index contributed by atoms with van der Waals surface area (Å²) >= 11 is 3.63. The molecule has 0 aromatic heterocycles. The minimum absolute atomic E-state index is 0.155. The number of piperidine rings is 1. The Morgan fingerprint density at radius 3 is 2.53 bits per heavy atom. The van der Waals surface area contributed by atoms with E-state index in [1.807, 2.05) is 0 Å². The van der Waals surface area contributed by atoms with Gasteiger partial charge in [-0.25, -0.2) is 0 Å². The van der Waals surface area contributed by atoms with Crippen LogP contribution in [0.3, 0.4) is 0 Å². The summed E-state index contributed by atoms with van der Waals surface area (Å²) in [6.07, 6.45) is 2.31. The fraction of sp³-hybridized carbons (Fsp3) is 0.600. The molecule has 1 saturated heterocycles. The highest BCUT2D eigenvalue weighted by Crippen LogP contribution is 2.29. The van der Waals surface area contributed by atoms with Gasteiger partial charge in [-0.1, -0.05) is 34.1 Å². The van der Waals surface area contributed by atoms with E-state index < -0.39 is 0 Å². The molecule has 2 rings (SSSR count). The van der Waals surface area contributed by atoms with Crippen LogP contribution in [0, 0.1) is 0 Å². The van der Waals surface area contributed by atoms with Gasteiger partial charge in [0.25, 0.3) is 0 Å². The van der Waals surface area contributed by atoms with Crippen LogP contribution in [0.15, 0.2) is 28.7 Å². The van der Waals surface area contributed by atoms with Crippen LogP contribution < -0.4 is 5.73 Å². The van der Waals surface area contributed by atoms with E-state index in [4.69, 9.17) is 5.73 Å². The minimum atomic E-state index is 0.155. The zero-order valence-corrected chi connectivity index (χ0v) is 13.5. The molecule has 1 heterocycles. The number of nitrogens with two attached hydrogens (primary N) is 1. The summed E-state index contributed by atoms with van der Waals surface area (Å²) in [6.45, 7) is 3.96. The zero-order valence-electron chi connectivity index (χ0n) is 11.9. The summed E-state index contributed by atoms with van der Waals surface area (Å²) in [7, 11) is 4.39. The maximum Gasteiger partial charge on any atom is 0.0356 e. The molecule has 0 amide bonds. The van der Waals surface area contributed by atoms with E-state index in [-0.39, 0.29) is 5.54 Å². The Hall–Kier alpha value is -0.420. The monoisotopic (exact) mass is 325 g/mol. The molecule has 0 unspecified atom stereocenters. The van der Waals surface area contributed by atoms with Gasteiger partial charge in [0.05, 0.1) is 0 Å². The van der Waals surface area contributed by atoms with Gasteiger partial charge in [-0.3, -0.25) is 4.90 Å². The van der Waals surface area contributed by atoms with E-state index in [1.54, 1.807) is 0 Å². The number of benzene rings is 1. The third-order valence-electron chi connectivity index (χ3n) is 4.47. The Morgan fingerprint density at radius 1 is 1.32 bits per heavy atom. The van der Waals surface area contributed by atoms with E-state index in [1.165, 1.54) is 10.0 Å². The second-order valence-electron chi connectivity index (χ2n) is 5.68. The predicted octanol–water partition coefficient (Wildman–Crippen LogP) is 2.30. The normalized spacial score (nSPS) is 19.8. The maximum absolute atomic E-state index is 6.10. The van der Waals surface area contributed by atoms with Gasteiger partial charge in [0.15, 0.2) is 0 Å². The van der Waals surface area contributed by atoms with Crippen molar-refractivity contribution in [1.82, 2.24) is 9.80 Å². The summed E-state index contributed by atoms with van der Waals surface area (Å²) in [4.78, 5) is 4.83. The first-order chi connectivity index (χ1) is 9.07. The Bertz CT molecular complexity index is 414. The van der Waals surface area contributed by atoms with E-state index in [0.29, 0.717) is 0 Å². The lowest BCUT2D eigenvalue weighted by atomic mass is 9.86. The molecule has 0 radical (unpaired) electrons. The van der Waals surface area contributed by atoms with Crippen molar-refractivity contribution in [3.8, 4) is 0 Å². The van der Waals surface area contributed by atoms with Gasteiger partial charge in [0.2, 0.25) is 0 Å². The van der Waals surface area contributed by atoms with Crippen LogP contribution in [-0.4, -0.2) is 49.1 Å². The molecule has 1 aromatic carbocycles. The van der Waals surface area contributed by atoms with Gasteiger partial charge in [-0.2, -0.15) is 0 Å². The van der Waals surface area contributed by atoms with Crippen LogP contribution in [0.4, 0.5) is 0 Å². The number of hydrogen-bond acceptors (Lipinski definition) is 3. The van der Waals surface area contributed by atoms with Crippen LogP contribution in [-0.2, 0) is 6.54 Å². The molecule has 4 heteroatoms. The molecular weight excluding hydrogens is 302 g/mol. The number of likely N-dealkylation sites (N-methyl/N-ethyl adjacent to an activating group) is 1. The van der Waals surface area contributed by atoms with Crippen molar-refractivity contribution in [2.24, 2.45) is 5.73 Å². The number of halogens is 1. The first kappa shape index (κ1) is 15.0. The predicted molar refractivity (Wildman–Crippen MR) is 84.1 cm³/mol. The summed E-state index contributed by atoms with van der Waals surface area (Å²) in [5, 5.41) is 0. The van der Waals surface area contributed by atoms with Gasteiger partial charge < -0.3 is 10.6 Å². The van der Waals surface area contributed by atoms with Crippen molar-refractivity contribution >= 4 is 15.9 Å². The molecule has 0 saturated carbocycles. The third-order valence-corrected chi connectivity index (χ3v) is 5.25. The summed E-state index contributed by atoms with van der Waals surface area (Å²) in [5.41, 5.74) is 7.59. The van der Waals surface area contributed by atoms with E-state index >= 15 is 0 Å². The van der Waals surface area contributed by atoms with E-state index in [9.17, 15) is 0 Å². The van der Waals surface area contributed by atoms with Crippen molar-refractivity contribution in [2.45, 2.75) is 24.9 Å². The number of rotatable bonds is 4. The van der Waals surface area contributed by atoms with Gasteiger partial charge in [0.1, 0.15) is 0 Å². The molecule has 2 N–H and O–H groups in total. The molecule has 1 aliphatic heterocycles. The number of nitrogens with zero attached hydrogens (tertiary/aromatic N) is 2. The minimum Gasteiger partial charge on any atom is -0.329 e. The zero-order chi connectivity index (χ0) is 13.9. The highest BCUT2D eigenvalue weighted by atomic mass is 79.9. The lowest BCUT2D eigenvalue weighted by molar-refractivity contribution is 0.0483. The van der Waals surface area contributed by atoms with Crippen LogP contribution >= 0.6 is 15.9 Å². The first-order valence-corrected chi connectivity index (χ1v) is 7.70. The van der Waals surface area contributed by atoms with Gasteiger partial charge in [-0.15, -0.1) is 0 Å². The summed E-state index contributed by atoms with van der Waals surface area (Å²) < 4.78 is 1.18. The highest BCUT2D eigenvalue weighted by Gasteiger charge is 2.36. The van der Waals surface area contributed by atoms with Crippen molar-refractivity contribution < 1.29 is 0 Å². The molecule has 3 nitrogen and oxygen atoms in total. The lowest BCUT2D eigenvalue weighted by Gasteiger charge is -2.46.